The third-order valence-corrected chi connectivity index (χ3v) is 4.92. The Morgan fingerprint density at radius 3 is 2.48 bits per heavy atom. The largest absolute Gasteiger partial charge is 0.355 e. The molecule has 1 atom stereocenters. The van der Waals surface area contributed by atoms with Gasteiger partial charge in [0.1, 0.15) is 0 Å². The Hall–Kier alpha value is -1.06. The Morgan fingerprint density at radius 1 is 1.29 bits per heavy atom. The molecule has 0 heterocycles. The maximum absolute atomic E-state index is 12.0. The van der Waals surface area contributed by atoms with Gasteiger partial charge in [-0.2, -0.15) is 0 Å². The van der Waals surface area contributed by atoms with E-state index in [1.165, 1.54) is 24.8 Å². The molecule has 0 aliphatic heterocycles. The molecule has 2 rings (SSSR count). The predicted molar refractivity (Wildman–Crippen MR) is 87.4 cm³/mol. The minimum atomic E-state index is -0.129. The third kappa shape index (κ3) is 3.98. The van der Waals surface area contributed by atoms with Crippen LogP contribution in [0.5, 0.6) is 0 Å². The molecule has 21 heavy (non-hydrogen) atoms. The van der Waals surface area contributed by atoms with Gasteiger partial charge in [-0.25, -0.2) is 0 Å². The molecule has 1 fully saturated rings. The van der Waals surface area contributed by atoms with Crippen LogP contribution in [0.25, 0.3) is 0 Å². The number of hydrogen-bond acceptors (Lipinski definition) is 2. The summed E-state index contributed by atoms with van der Waals surface area (Å²) in [6.45, 7) is 2.95. The van der Waals surface area contributed by atoms with Gasteiger partial charge in [0.15, 0.2) is 0 Å². The second-order valence-electron chi connectivity index (χ2n) is 6.20. The summed E-state index contributed by atoms with van der Waals surface area (Å²) in [5.41, 5.74) is 6.90. The lowest BCUT2D eigenvalue weighted by molar-refractivity contribution is -0.124. The Labute approximate surface area is 132 Å². The highest BCUT2D eigenvalue weighted by Crippen LogP contribution is 2.39. The van der Waals surface area contributed by atoms with Gasteiger partial charge < -0.3 is 11.1 Å². The maximum atomic E-state index is 12.0. The van der Waals surface area contributed by atoms with Gasteiger partial charge in [0.25, 0.3) is 0 Å². The van der Waals surface area contributed by atoms with E-state index in [2.05, 4.69) is 17.4 Å². The zero-order chi connectivity index (χ0) is 15.3. The number of rotatable bonds is 5. The van der Waals surface area contributed by atoms with E-state index in [-0.39, 0.29) is 17.2 Å². The number of nitrogens with one attached hydrogen (secondary N) is 1. The van der Waals surface area contributed by atoms with E-state index >= 15 is 0 Å². The summed E-state index contributed by atoms with van der Waals surface area (Å²) in [5.74, 6) is -0.0766. The number of hydrogen-bond donors (Lipinski definition) is 2. The van der Waals surface area contributed by atoms with Crippen LogP contribution >= 0.6 is 11.6 Å². The van der Waals surface area contributed by atoms with Gasteiger partial charge in [0.2, 0.25) is 5.91 Å². The van der Waals surface area contributed by atoms with Crippen LogP contribution in [0.4, 0.5) is 0 Å². The molecule has 1 aromatic rings. The fraction of sp³-hybridized carbons (Fsp3) is 0.588. The Kier molecular flexibility index (Phi) is 5.65. The molecule has 0 radical (unpaired) electrons. The smallest absolute Gasteiger partial charge is 0.224 e. The monoisotopic (exact) mass is 308 g/mol. The molecule has 0 saturated heterocycles. The lowest BCUT2D eigenvalue weighted by atomic mass is 9.69. The van der Waals surface area contributed by atoms with Crippen LogP contribution in [0.2, 0.25) is 5.02 Å². The summed E-state index contributed by atoms with van der Waals surface area (Å²) in [5, 5.41) is 3.86. The minimum absolute atomic E-state index is 0.0484. The average Bonchev–Trinajstić information content (AvgIpc) is 2.53. The highest BCUT2D eigenvalue weighted by molar-refractivity contribution is 6.30. The lowest BCUT2D eigenvalue weighted by Crippen LogP contribution is -2.44. The molecule has 1 amide bonds. The fourth-order valence-corrected chi connectivity index (χ4v) is 3.26. The quantitative estimate of drug-likeness (QED) is 0.877. The Morgan fingerprint density at radius 2 is 1.90 bits per heavy atom. The van der Waals surface area contributed by atoms with Crippen LogP contribution in [0, 0.1) is 5.92 Å². The molecule has 4 heteroatoms. The summed E-state index contributed by atoms with van der Waals surface area (Å²) in [6.07, 6.45) is 5.94. The standard InChI is InChI=1S/C17H25ClN2O/c1-13(11-19)16(21)20-12-17(9-3-2-4-10-17)14-5-7-15(18)8-6-14/h5-8,13H,2-4,9-12,19H2,1H3,(H,20,21). The topological polar surface area (TPSA) is 55.1 Å². The van der Waals surface area contributed by atoms with Gasteiger partial charge in [-0.05, 0) is 30.5 Å². The van der Waals surface area contributed by atoms with E-state index < -0.39 is 0 Å². The summed E-state index contributed by atoms with van der Waals surface area (Å²) < 4.78 is 0. The van der Waals surface area contributed by atoms with Crippen LogP contribution in [0.3, 0.4) is 0 Å². The normalized spacial score (nSPS) is 19.0. The van der Waals surface area contributed by atoms with Crippen LogP contribution in [0.1, 0.15) is 44.6 Å². The second-order valence-corrected chi connectivity index (χ2v) is 6.64. The van der Waals surface area contributed by atoms with Crippen molar-refractivity contribution in [3.8, 4) is 0 Å². The van der Waals surface area contributed by atoms with Gasteiger partial charge in [0, 0.05) is 29.4 Å². The van der Waals surface area contributed by atoms with Crippen molar-refractivity contribution in [2.75, 3.05) is 13.1 Å². The first kappa shape index (κ1) is 16.3. The molecule has 1 aliphatic carbocycles. The minimum Gasteiger partial charge on any atom is -0.355 e. The van der Waals surface area contributed by atoms with E-state index in [1.807, 2.05) is 19.1 Å². The zero-order valence-electron chi connectivity index (χ0n) is 12.7. The number of carbonyl (C=O) groups excluding carboxylic acids is 1. The Balaban J connectivity index is 2.13. The number of nitrogens with two attached hydrogens (primary N) is 1. The zero-order valence-corrected chi connectivity index (χ0v) is 13.5. The van der Waals surface area contributed by atoms with Gasteiger partial charge in [-0.15, -0.1) is 0 Å². The average molecular weight is 309 g/mol. The van der Waals surface area contributed by atoms with Crippen LogP contribution in [-0.4, -0.2) is 19.0 Å². The predicted octanol–water partition coefficient (Wildman–Crippen LogP) is 3.25. The van der Waals surface area contributed by atoms with Gasteiger partial charge in [-0.3, -0.25) is 4.79 Å². The molecule has 1 aromatic carbocycles. The van der Waals surface area contributed by atoms with E-state index in [9.17, 15) is 4.79 Å². The third-order valence-electron chi connectivity index (χ3n) is 4.67. The van der Waals surface area contributed by atoms with Crippen LogP contribution in [-0.2, 0) is 10.2 Å². The van der Waals surface area contributed by atoms with Crippen molar-refractivity contribution >= 4 is 17.5 Å². The van der Waals surface area contributed by atoms with E-state index in [1.54, 1.807) is 0 Å². The summed E-state index contributed by atoms with van der Waals surface area (Å²) in [4.78, 5) is 12.0. The van der Waals surface area contributed by atoms with Gasteiger partial charge in [-0.1, -0.05) is 49.9 Å². The highest BCUT2D eigenvalue weighted by atomic mass is 35.5. The molecule has 1 unspecified atom stereocenters. The second kappa shape index (κ2) is 7.28. The SMILES string of the molecule is CC(CN)C(=O)NCC1(c2ccc(Cl)cc2)CCCCC1. The van der Waals surface area contributed by atoms with Crippen molar-refractivity contribution in [3.63, 3.8) is 0 Å². The van der Waals surface area contributed by atoms with Crippen molar-refractivity contribution < 1.29 is 4.79 Å². The molecule has 3 nitrogen and oxygen atoms in total. The number of amides is 1. The van der Waals surface area contributed by atoms with E-state index in [0.29, 0.717) is 13.1 Å². The fourth-order valence-electron chi connectivity index (χ4n) is 3.14. The maximum Gasteiger partial charge on any atom is 0.224 e. The highest BCUT2D eigenvalue weighted by Gasteiger charge is 2.34. The summed E-state index contributed by atoms with van der Waals surface area (Å²) >= 11 is 6.00. The molecule has 1 aliphatic rings. The molecule has 0 spiro atoms. The van der Waals surface area contributed by atoms with Crippen molar-refractivity contribution in [2.24, 2.45) is 11.7 Å². The number of benzene rings is 1. The van der Waals surface area contributed by atoms with E-state index in [0.717, 1.165) is 17.9 Å². The first-order valence-corrected chi connectivity index (χ1v) is 8.19. The molecule has 1 saturated carbocycles. The van der Waals surface area contributed by atoms with Crippen molar-refractivity contribution in [3.05, 3.63) is 34.9 Å². The van der Waals surface area contributed by atoms with Gasteiger partial charge >= 0.3 is 0 Å². The molecule has 116 valence electrons. The van der Waals surface area contributed by atoms with Gasteiger partial charge in [0.05, 0.1) is 0 Å². The van der Waals surface area contributed by atoms with Crippen LogP contribution < -0.4 is 11.1 Å². The molecular formula is C17H25ClN2O. The van der Waals surface area contributed by atoms with Crippen LogP contribution in [0.15, 0.2) is 24.3 Å². The van der Waals surface area contributed by atoms with Crippen molar-refractivity contribution in [2.45, 2.75) is 44.4 Å². The Bertz CT molecular complexity index is 466. The molecular weight excluding hydrogens is 284 g/mol. The lowest BCUT2D eigenvalue weighted by Gasteiger charge is -2.38. The van der Waals surface area contributed by atoms with Crippen molar-refractivity contribution in [1.82, 2.24) is 5.32 Å². The first-order valence-electron chi connectivity index (χ1n) is 7.81. The van der Waals surface area contributed by atoms with E-state index in [4.69, 9.17) is 17.3 Å². The summed E-state index contributed by atoms with van der Waals surface area (Å²) in [7, 11) is 0. The summed E-state index contributed by atoms with van der Waals surface area (Å²) in [6, 6.07) is 8.09. The van der Waals surface area contributed by atoms with Crippen molar-refractivity contribution in [1.29, 1.82) is 0 Å². The first-order chi connectivity index (χ1) is 10.1. The molecule has 0 aromatic heterocycles. The number of halogens is 1. The number of carbonyl (C=O) groups is 1. The molecule has 3 N–H and O–H groups in total. The molecule has 0 bridgehead atoms.